The van der Waals surface area contributed by atoms with Crippen molar-refractivity contribution >= 4 is 5.78 Å². The van der Waals surface area contributed by atoms with Crippen LogP contribution in [-0.2, 0) is 9.53 Å². The summed E-state index contributed by atoms with van der Waals surface area (Å²) in [5, 5.41) is 0. The Labute approximate surface area is 74.3 Å². The molecule has 0 aliphatic heterocycles. The van der Waals surface area contributed by atoms with Crippen LogP contribution in [0.25, 0.3) is 0 Å². The Bertz CT molecular complexity index is 144. The Balaban J connectivity index is 1.86. The van der Waals surface area contributed by atoms with Crippen molar-refractivity contribution < 1.29 is 9.53 Å². The lowest BCUT2D eigenvalue weighted by atomic mass is 9.94. The Morgan fingerprint density at radius 2 is 2.17 bits per heavy atom. The Hall–Kier alpha value is -0.370. The number of hydrogen-bond acceptors (Lipinski definition) is 2. The standard InChI is InChI=1S/C10H18O2/c1-8(2)4-3-5-12-10-6-9(11)7-10/h8,10H,3-7H2,1-2H3. The van der Waals surface area contributed by atoms with Gasteiger partial charge in [0.15, 0.2) is 0 Å². The highest BCUT2D eigenvalue weighted by atomic mass is 16.5. The molecule has 1 aliphatic rings. The lowest BCUT2D eigenvalue weighted by Gasteiger charge is -2.24. The Morgan fingerprint density at radius 3 is 2.67 bits per heavy atom. The molecule has 0 heterocycles. The molecule has 0 amide bonds. The number of carbonyl (C=O) groups is 1. The van der Waals surface area contributed by atoms with Gasteiger partial charge in [-0.25, -0.2) is 0 Å². The number of ketones is 1. The molecule has 0 radical (unpaired) electrons. The van der Waals surface area contributed by atoms with Crippen LogP contribution in [0.1, 0.15) is 39.5 Å². The summed E-state index contributed by atoms with van der Waals surface area (Å²) in [4.78, 5) is 10.6. The monoisotopic (exact) mass is 170 g/mol. The maximum absolute atomic E-state index is 10.6. The molecule has 0 aromatic rings. The molecule has 0 aromatic heterocycles. The predicted octanol–water partition coefficient (Wildman–Crippen LogP) is 2.17. The summed E-state index contributed by atoms with van der Waals surface area (Å²) in [6.45, 7) is 5.26. The summed E-state index contributed by atoms with van der Waals surface area (Å²) in [7, 11) is 0. The van der Waals surface area contributed by atoms with Crippen LogP contribution in [0.15, 0.2) is 0 Å². The van der Waals surface area contributed by atoms with Crippen molar-refractivity contribution in [1.82, 2.24) is 0 Å². The minimum atomic E-state index is 0.254. The fourth-order valence-electron chi connectivity index (χ4n) is 1.31. The van der Waals surface area contributed by atoms with Crippen molar-refractivity contribution in [3.63, 3.8) is 0 Å². The van der Waals surface area contributed by atoms with E-state index >= 15 is 0 Å². The van der Waals surface area contributed by atoms with Crippen LogP contribution >= 0.6 is 0 Å². The first kappa shape index (κ1) is 9.72. The maximum atomic E-state index is 10.6. The SMILES string of the molecule is CC(C)CCCOC1CC(=O)C1. The van der Waals surface area contributed by atoms with Crippen molar-refractivity contribution in [2.75, 3.05) is 6.61 Å². The van der Waals surface area contributed by atoms with E-state index in [4.69, 9.17) is 4.74 Å². The number of hydrogen-bond donors (Lipinski definition) is 0. The average Bonchev–Trinajstić information content (AvgIpc) is 1.93. The molecule has 2 heteroatoms. The highest BCUT2D eigenvalue weighted by Crippen LogP contribution is 2.18. The molecule has 12 heavy (non-hydrogen) atoms. The average molecular weight is 170 g/mol. The first-order chi connectivity index (χ1) is 5.68. The lowest BCUT2D eigenvalue weighted by Crippen LogP contribution is -2.31. The fourth-order valence-corrected chi connectivity index (χ4v) is 1.31. The van der Waals surface area contributed by atoms with Gasteiger partial charge in [0.1, 0.15) is 5.78 Å². The van der Waals surface area contributed by atoms with E-state index in [1.54, 1.807) is 0 Å². The summed E-state index contributed by atoms with van der Waals surface area (Å²) in [6, 6.07) is 0. The van der Waals surface area contributed by atoms with Crippen LogP contribution in [0.2, 0.25) is 0 Å². The van der Waals surface area contributed by atoms with Gasteiger partial charge < -0.3 is 4.74 Å². The minimum Gasteiger partial charge on any atom is -0.377 e. The van der Waals surface area contributed by atoms with Crippen LogP contribution < -0.4 is 0 Å². The molecule has 0 saturated heterocycles. The highest BCUT2D eigenvalue weighted by Gasteiger charge is 2.26. The zero-order valence-corrected chi connectivity index (χ0v) is 8.01. The maximum Gasteiger partial charge on any atom is 0.138 e. The molecule has 70 valence electrons. The number of carbonyl (C=O) groups excluding carboxylic acids is 1. The summed E-state index contributed by atoms with van der Waals surface area (Å²) in [5.74, 6) is 1.11. The Kier molecular flexibility index (Phi) is 3.73. The summed E-state index contributed by atoms with van der Waals surface area (Å²) in [6.07, 6.45) is 3.91. The van der Waals surface area contributed by atoms with Crippen molar-refractivity contribution in [2.24, 2.45) is 5.92 Å². The molecule has 2 nitrogen and oxygen atoms in total. The molecule has 0 N–H and O–H groups in total. The van der Waals surface area contributed by atoms with Gasteiger partial charge in [0.05, 0.1) is 6.10 Å². The molecule has 0 aromatic carbocycles. The zero-order chi connectivity index (χ0) is 8.97. The lowest BCUT2D eigenvalue weighted by molar-refractivity contribution is -0.134. The van der Waals surface area contributed by atoms with Gasteiger partial charge in [0.2, 0.25) is 0 Å². The van der Waals surface area contributed by atoms with Crippen LogP contribution in [0.5, 0.6) is 0 Å². The van der Waals surface area contributed by atoms with E-state index in [0.717, 1.165) is 18.9 Å². The van der Waals surface area contributed by atoms with Gasteiger partial charge in [-0.2, -0.15) is 0 Å². The van der Waals surface area contributed by atoms with Crippen molar-refractivity contribution in [3.8, 4) is 0 Å². The third-order valence-electron chi connectivity index (χ3n) is 2.19. The minimum absolute atomic E-state index is 0.254. The van der Waals surface area contributed by atoms with Crippen LogP contribution in [0.3, 0.4) is 0 Å². The third kappa shape index (κ3) is 3.35. The molecule has 0 atom stereocenters. The van der Waals surface area contributed by atoms with Crippen molar-refractivity contribution in [2.45, 2.75) is 45.6 Å². The topological polar surface area (TPSA) is 26.3 Å². The van der Waals surface area contributed by atoms with Gasteiger partial charge in [-0.3, -0.25) is 4.79 Å². The first-order valence-corrected chi connectivity index (χ1v) is 4.82. The quantitative estimate of drug-likeness (QED) is 0.591. The summed E-state index contributed by atoms with van der Waals surface area (Å²) in [5.41, 5.74) is 0. The molecule has 0 unspecified atom stereocenters. The molecule has 0 bridgehead atoms. The predicted molar refractivity (Wildman–Crippen MR) is 48.1 cm³/mol. The second-order valence-corrected chi connectivity index (χ2v) is 3.98. The number of ether oxygens (including phenoxy) is 1. The molecule has 1 aliphatic carbocycles. The van der Waals surface area contributed by atoms with Gasteiger partial charge in [-0.15, -0.1) is 0 Å². The van der Waals surface area contributed by atoms with Crippen LogP contribution in [0, 0.1) is 5.92 Å². The smallest absolute Gasteiger partial charge is 0.138 e. The summed E-state index contributed by atoms with van der Waals surface area (Å²) < 4.78 is 5.48. The van der Waals surface area contributed by atoms with E-state index in [0.29, 0.717) is 18.6 Å². The third-order valence-corrected chi connectivity index (χ3v) is 2.19. The number of rotatable bonds is 5. The number of Topliss-reactive ketones (excluding diaryl/α,β-unsaturated/α-hetero) is 1. The van der Waals surface area contributed by atoms with E-state index in [9.17, 15) is 4.79 Å². The van der Waals surface area contributed by atoms with Gasteiger partial charge in [-0.05, 0) is 18.8 Å². The Morgan fingerprint density at radius 1 is 1.50 bits per heavy atom. The van der Waals surface area contributed by atoms with E-state index in [-0.39, 0.29) is 6.10 Å². The van der Waals surface area contributed by atoms with Crippen molar-refractivity contribution in [3.05, 3.63) is 0 Å². The molecule has 0 spiro atoms. The molecular formula is C10H18O2. The zero-order valence-electron chi connectivity index (χ0n) is 8.01. The van der Waals surface area contributed by atoms with E-state index < -0.39 is 0 Å². The largest absolute Gasteiger partial charge is 0.377 e. The van der Waals surface area contributed by atoms with Gasteiger partial charge in [0.25, 0.3) is 0 Å². The first-order valence-electron chi connectivity index (χ1n) is 4.82. The molecule has 1 fully saturated rings. The fraction of sp³-hybridized carbons (Fsp3) is 0.900. The van der Waals surface area contributed by atoms with Gasteiger partial charge >= 0.3 is 0 Å². The van der Waals surface area contributed by atoms with Crippen molar-refractivity contribution in [1.29, 1.82) is 0 Å². The van der Waals surface area contributed by atoms with E-state index in [1.807, 2.05) is 0 Å². The molecule has 1 rings (SSSR count). The van der Waals surface area contributed by atoms with Crippen LogP contribution in [-0.4, -0.2) is 18.5 Å². The molecule has 1 saturated carbocycles. The van der Waals surface area contributed by atoms with E-state index in [2.05, 4.69) is 13.8 Å². The van der Waals surface area contributed by atoms with Gasteiger partial charge in [0, 0.05) is 19.4 Å². The normalized spacial score (nSPS) is 18.4. The second-order valence-electron chi connectivity index (χ2n) is 3.98. The van der Waals surface area contributed by atoms with E-state index in [1.165, 1.54) is 6.42 Å². The molecular weight excluding hydrogens is 152 g/mol. The van der Waals surface area contributed by atoms with Crippen LogP contribution in [0.4, 0.5) is 0 Å². The second kappa shape index (κ2) is 4.61. The van der Waals surface area contributed by atoms with Gasteiger partial charge in [-0.1, -0.05) is 13.8 Å². The summed E-state index contributed by atoms with van der Waals surface area (Å²) >= 11 is 0. The highest BCUT2D eigenvalue weighted by molar-refractivity contribution is 5.85.